The van der Waals surface area contributed by atoms with E-state index >= 15 is 0 Å². The summed E-state index contributed by atoms with van der Waals surface area (Å²) in [7, 11) is 2.72. The molecule has 3 N–H and O–H groups in total. The first-order valence-corrected chi connectivity index (χ1v) is 5.65. The summed E-state index contributed by atoms with van der Waals surface area (Å²) >= 11 is 0. The van der Waals surface area contributed by atoms with Gasteiger partial charge in [-0.05, 0) is 6.92 Å². The molecule has 0 amide bonds. The number of alkyl halides is 3. The molecule has 0 saturated carbocycles. The number of hydrogen-bond acceptors (Lipinski definition) is 7. The highest BCUT2D eigenvalue weighted by atomic mass is 19.4. The highest BCUT2D eigenvalue weighted by Crippen LogP contribution is 2.49. The summed E-state index contributed by atoms with van der Waals surface area (Å²) < 4.78 is 39.1. The lowest BCUT2D eigenvalue weighted by Crippen LogP contribution is -2.23. The van der Waals surface area contributed by atoms with Crippen LogP contribution in [0.25, 0.3) is 0 Å². The number of nitro benzene ring substituents is 2. The number of nitrogens with one attached hydrogen (secondary N) is 1. The summed E-state index contributed by atoms with van der Waals surface area (Å²) in [5.41, 5.74) is 1.02. The van der Waals surface area contributed by atoms with Crippen molar-refractivity contribution in [1.82, 2.24) is 5.01 Å². The molecule has 0 radical (unpaired) electrons. The normalized spacial score (nSPS) is 11.6. The average Bonchev–Trinajstić information content (AvgIpc) is 2.23. The molecule has 0 fully saturated rings. The van der Waals surface area contributed by atoms with Crippen LogP contribution in [0.3, 0.4) is 0 Å². The SMILES string of the molecule is Cc1c([N+](=O)[O-])c(NN(C)C)c([N+](=O)[O-])c(N)c1C(F)(F)F. The van der Waals surface area contributed by atoms with Gasteiger partial charge < -0.3 is 11.2 Å². The number of nitrogens with two attached hydrogens (primary N) is 1. The molecule has 0 bridgehead atoms. The number of nitrogen functional groups attached to an aromatic ring is 1. The maximum absolute atomic E-state index is 13.0. The molecule has 0 aromatic heterocycles. The third-order valence-corrected chi connectivity index (χ3v) is 2.71. The van der Waals surface area contributed by atoms with E-state index in [0.717, 1.165) is 11.9 Å². The molecule has 0 aliphatic heterocycles. The zero-order valence-corrected chi connectivity index (χ0v) is 11.7. The Kier molecular flexibility index (Phi) is 4.46. The standard InChI is InChI=1S/C10H12F3N5O4/c1-4-5(10(11,12)13)6(14)9(18(21)22)7(15-16(2)3)8(4)17(19)20/h15H,14H2,1-3H3. The molecule has 0 aliphatic carbocycles. The van der Waals surface area contributed by atoms with Crippen LogP contribution in [-0.4, -0.2) is 29.0 Å². The van der Waals surface area contributed by atoms with Crippen LogP contribution < -0.4 is 11.2 Å². The Balaban J connectivity index is 4.00. The summed E-state index contributed by atoms with van der Waals surface area (Å²) in [6.45, 7) is 0.835. The van der Waals surface area contributed by atoms with Crippen LogP contribution in [0.15, 0.2) is 0 Å². The van der Waals surface area contributed by atoms with Crippen molar-refractivity contribution in [2.75, 3.05) is 25.3 Å². The number of hydrogen-bond donors (Lipinski definition) is 2. The van der Waals surface area contributed by atoms with E-state index in [-0.39, 0.29) is 0 Å². The Morgan fingerprint density at radius 3 is 1.91 bits per heavy atom. The van der Waals surface area contributed by atoms with Gasteiger partial charge in [-0.25, -0.2) is 5.01 Å². The summed E-state index contributed by atoms with van der Waals surface area (Å²) in [6.07, 6.45) is -5.07. The first kappa shape index (κ1) is 17.4. The van der Waals surface area contributed by atoms with E-state index in [1.807, 2.05) is 0 Å². The van der Waals surface area contributed by atoms with Crippen molar-refractivity contribution < 1.29 is 23.0 Å². The minimum atomic E-state index is -5.07. The Hall–Kier alpha value is -2.63. The van der Waals surface area contributed by atoms with E-state index in [0.29, 0.717) is 0 Å². The van der Waals surface area contributed by atoms with E-state index in [2.05, 4.69) is 5.43 Å². The highest BCUT2D eigenvalue weighted by Gasteiger charge is 2.44. The van der Waals surface area contributed by atoms with E-state index in [9.17, 15) is 33.4 Å². The Labute approximate surface area is 121 Å². The molecule has 12 heteroatoms. The van der Waals surface area contributed by atoms with E-state index in [1.54, 1.807) is 0 Å². The fourth-order valence-corrected chi connectivity index (χ4v) is 1.99. The molecule has 22 heavy (non-hydrogen) atoms. The Morgan fingerprint density at radius 2 is 1.59 bits per heavy atom. The second-order valence-electron chi connectivity index (χ2n) is 4.50. The number of rotatable bonds is 4. The topological polar surface area (TPSA) is 128 Å². The van der Waals surface area contributed by atoms with Crippen LogP contribution >= 0.6 is 0 Å². The lowest BCUT2D eigenvalue weighted by molar-refractivity contribution is -0.392. The van der Waals surface area contributed by atoms with Gasteiger partial charge in [-0.15, -0.1) is 0 Å². The van der Waals surface area contributed by atoms with Gasteiger partial charge in [-0.2, -0.15) is 13.2 Å². The zero-order valence-electron chi connectivity index (χ0n) is 11.7. The number of halogens is 3. The first-order chi connectivity index (χ1) is 9.89. The second kappa shape index (κ2) is 5.63. The summed E-state index contributed by atoms with van der Waals surface area (Å²) in [4.78, 5) is 19.9. The summed E-state index contributed by atoms with van der Waals surface area (Å²) in [5, 5.41) is 23.3. The van der Waals surface area contributed by atoms with Gasteiger partial charge in [0.2, 0.25) is 5.69 Å². The van der Waals surface area contributed by atoms with Crippen LogP contribution in [0.1, 0.15) is 11.1 Å². The van der Waals surface area contributed by atoms with Crippen LogP contribution in [0.2, 0.25) is 0 Å². The van der Waals surface area contributed by atoms with Gasteiger partial charge in [-0.1, -0.05) is 0 Å². The van der Waals surface area contributed by atoms with Crippen molar-refractivity contribution >= 4 is 22.7 Å². The molecule has 0 atom stereocenters. The van der Waals surface area contributed by atoms with Gasteiger partial charge in [0.25, 0.3) is 0 Å². The van der Waals surface area contributed by atoms with Crippen LogP contribution in [0.4, 0.5) is 35.9 Å². The molecular weight excluding hydrogens is 311 g/mol. The van der Waals surface area contributed by atoms with Crippen LogP contribution in [-0.2, 0) is 6.18 Å². The third kappa shape index (κ3) is 3.00. The molecule has 122 valence electrons. The van der Waals surface area contributed by atoms with Crippen molar-refractivity contribution in [2.45, 2.75) is 13.1 Å². The molecular formula is C10H12F3N5O4. The first-order valence-electron chi connectivity index (χ1n) is 5.65. The number of benzene rings is 1. The third-order valence-electron chi connectivity index (χ3n) is 2.71. The maximum atomic E-state index is 13.0. The monoisotopic (exact) mass is 323 g/mol. The number of hydrazine groups is 1. The predicted molar refractivity (Wildman–Crippen MR) is 71.2 cm³/mol. The molecule has 0 saturated heterocycles. The lowest BCUT2D eigenvalue weighted by Gasteiger charge is -2.19. The minimum absolute atomic E-state index is 0.706. The van der Waals surface area contributed by atoms with Gasteiger partial charge in [0, 0.05) is 19.7 Å². The molecule has 9 nitrogen and oxygen atoms in total. The quantitative estimate of drug-likeness (QED) is 0.494. The van der Waals surface area contributed by atoms with Gasteiger partial charge >= 0.3 is 17.6 Å². The maximum Gasteiger partial charge on any atom is 0.419 e. The molecule has 0 spiro atoms. The lowest BCUT2D eigenvalue weighted by atomic mass is 10.0. The van der Waals surface area contributed by atoms with Crippen molar-refractivity contribution in [3.63, 3.8) is 0 Å². The van der Waals surface area contributed by atoms with Gasteiger partial charge in [0.1, 0.15) is 5.69 Å². The van der Waals surface area contributed by atoms with Crippen molar-refractivity contribution in [2.24, 2.45) is 0 Å². The van der Waals surface area contributed by atoms with Crippen molar-refractivity contribution in [1.29, 1.82) is 0 Å². The molecule has 0 unspecified atom stereocenters. The molecule has 0 aliphatic rings. The number of anilines is 2. The number of nitro groups is 2. The van der Waals surface area contributed by atoms with Crippen molar-refractivity contribution in [3.8, 4) is 0 Å². The largest absolute Gasteiger partial charge is 0.419 e. The van der Waals surface area contributed by atoms with Crippen LogP contribution in [0, 0.1) is 27.2 Å². The van der Waals surface area contributed by atoms with E-state index in [1.165, 1.54) is 14.1 Å². The summed E-state index contributed by atoms with van der Waals surface area (Å²) in [6, 6.07) is 0. The summed E-state index contributed by atoms with van der Waals surface area (Å²) in [5.74, 6) is 0. The molecule has 0 heterocycles. The second-order valence-corrected chi connectivity index (χ2v) is 4.50. The van der Waals surface area contributed by atoms with Gasteiger partial charge in [0.15, 0.2) is 0 Å². The van der Waals surface area contributed by atoms with E-state index in [4.69, 9.17) is 5.73 Å². The predicted octanol–water partition coefficient (Wildman–Crippen LogP) is 2.30. The minimum Gasteiger partial charge on any atom is -0.393 e. The van der Waals surface area contributed by atoms with Crippen LogP contribution in [0.5, 0.6) is 0 Å². The van der Waals surface area contributed by atoms with Gasteiger partial charge in [-0.3, -0.25) is 20.2 Å². The molecule has 1 aromatic carbocycles. The van der Waals surface area contributed by atoms with Gasteiger partial charge in [0.05, 0.1) is 15.4 Å². The van der Waals surface area contributed by atoms with E-state index < -0.39 is 49.9 Å². The Bertz CT molecular complexity index is 603. The molecule has 1 aromatic rings. The highest BCUT2D eigenvalue weighted by molar-refractivity contribution is 5.87. The van der Waals surface area contributed by atoms with Crippen molar-refractivity contribution in [3.05, 3.63) is 31.4 Å². The zero-order chi connectivity index (χ0) is 17.4. The smallest absolute Gasteiger partial charge is 0.393 e. The fourth-order valence-electron chi connectivity index (χ4n) is 1.99. The molecule has 1 rings (SSSR count). The Morgan fingerprint density at radius 1 is 1.14 bits per heavy atom. The average molecular weight is 323 g/mol. The number of nitrogens with zero attached hydrogens (tertiary/aromatic N) is 3. The fraction of sp³-hybridized carbons (Fsp3) is 0.400.